The SMILES string of the molecule is COCCCN1C(=O)/C(=C/c2c(NC[C@@H](O)c3ccccc3)nc3ccccn3c2=O)SC1=S. The topological polar surface area (TPSA) is 96.2 Å². The monoisotopic (exact) mass is 496 g/mol. The average molecular weight is 497 g/mol. The Morgan fingerprint density at radius 2 is 1.97 bits per heavy atom. The maximum absolute atomic E-state index is 13.3. The summed E-state index contributed by atoms with van der Waals surface area (Å²) in [6, 6.07) is 14.5. The van der Waals surface area contributed by atoms with Crippen LogP contribution in [-0.4, -0.2) is 56.4 Å². The number of carbonyl (C=O) groups is 1. The summed E-state index contributed by atoms with van der Waals surface area (Å²) >= 11 is 6.54. The third-order valence-corrected chi connectivity index (χ3v) is 6.67. The number of anilines is 1. The second kappa shape index (κ2) is 10.9. The van der Waals surface area contributed by atoms with Crippen molar-refractivity contribution in [1.29, 1.82) is 0 Å². The first kappa shape index (κ1) is 24.1. The first-order valence-electron chi connectivity index (χ1n) is 10.7. The van der Waals surface area contributed by atoms with Crippen LogP contribution in [0, 0.1) is 0 Å². The highest BCUT2D eigenvalue weighted by Gasteiger charge is 2.32. The number of ether oxygens (including phenoxy) is 1. The van der Waals surface area contributed by atoms with Crippen molar-refractivity contribution >= 4 is 51.7 Å². The van der Waals surface area contributed by atoms with E-state index in [2.05, 4.69) is 10.3 Å². The van der Waals surface area contributed by atoms with Gasteiger partial charge in [-0.1, -0.05) is 60.4 Å². The fourth-order valence-electron chi connectivity index (χ4n) is 3.54. The van der Waals surface area contributed by atoms with E-state index >= 15 is 0 Å². The van der Waals surface area contributed by atoms with Crippen molar-refractivity contribution in [2.24, 2.45) is 0 Å². The molecular weight excluding hydrogens is 472 g/mol. The summed E-state index contributed by atoms with van der Waals surface area (Å²) in [5, 5.41) is 13.7. The van der Waals surface area contributed by atoms with Crippen molar-refractivity contribution in [3.8, 4) is 0 Å². The standard InChI is InChI=1S/C24H24N4O4S2/c1-32-13-7-12-28-23(31)19(34-24(28)33)14-17-21(25-15-18(29)16-8-3-2-4-9-16)26-20-10-5-6-11-27(20)22(17)30/h2-6,8-11,14,18,25,29H,7,12-13,15H2,1H3/b19-14-/t18-/m1/s1. The zero-order chi connectivity index (χ0) is 24.1. The Balaban J connectivity index is 1.67. The minimum Gasteiger partial charge on any atom is -0.387 e. The van der Waals surface area contributed by atoms with E-state index in [1.807, 2.05) is 30.3 Å². The molecule has 1 amide bonds. The summed E-state index contributed by atoms with van der Waals surface area (Å²) in [6.07, 6.45) is 3.01. The summed E-state index contributed by atoms with van der Waals surface area (Å²) in [7, 11) is 1.60. The van der Waals surface area contributed by atoms with Crippen LogP contribution >= 0.6 is 24.0 Å². The molecule has 1 fully saturated rings. The van der Waals surface area contributed by atoms with Gasteiger partial charge in [0.05, 0.1) is 16.6 Å². The molecule has 0 radical (unpaired) electrons. The molecule has 2 aromatic heterocycles. The lowest BCUT2D eigenvalue weighted by Crippen LogP contribution is -2.29. The van der Waals surface area contributed by atoms with Gasteiger partial charge in [0.25, 0.3) is 11.5 Å². The van der Waals surface area contributed by atoms with E-state index in [0.29, 0.717) is 34.4 Å². The van der Waals surface area contributed by atoms with Gasteiger partial charge >= 0.3 is 0 Å². The maximum Gasteiger partial charge on any atom is 0.267 e. The van der Waals surface area contributed by atoms with Crippen LogP contribution in [0.3, 0.4) is 0 Å². The molecule has 1 aliphatic heterocycles. The largest absolute Gasteiger partial charge is 0.387 e. The van der Waals surface area contributed by atoms with Gasteiger partial charge in [-0.15, -0.1) is 0 Å². The lowest BCUT2D eigenvalue weighted by atomic mass is 10.1. The Kier molecular flexibility index (Phi) is 7.73. The van der Waals surface area contributed by atoms with Crippen molar-refractivity contribution in [2.75, 3.05) is 32.1 Å². The number of rotatable bonds is 9. The maximum atomic E-state index is 13.3. The number of aromatic nitrogens is 2. The molecule has 0 aliphatic carbocycles. The lowest BCUT2D eigenvalue weighted by Gasteiger charge is -2.15. The molecule has 1 aromatic carbocycles. The van der Waals surface area contributed by atoms with E-state index in [-0.39, 0.29) is 29.4 Å². The molecule has 34 heavy (non-hydrogen) atoms. The number of carbonyl (C=O) groups excluding carboxylic acids is 1. The summed E-state index contributed by atoms with van der Waals surface area (Å²) in [6.45, 7) is 1.10. The fourth-order valence-corrected chi connectivity index (χ4v) is 4.84. The van der Waals surface area contributed by atoms with Gasteiger partial charge in [0, 0.05) is 33.0 Å². The van der Waals surface area contributed by atoms with Gasteiger partial charge < -0.3 is 15.2 Å². The van der Waals surface area contributed by atoms with Crippen LogP contribution in [0.5, 0.6) is 0 Å². The van der Waals surface area contributed by atoms with Gasteiger partial charge in [0.1, 0.15) is 15.8 Å². The van der Waals surface area contributed by atoms with Gasteiger partial charge in [-0.25, -0.2) is 4.98 Å². The van der Waals surface area contributed by atoms with Crippen molar-refractivity contribution in [2.45, 2.75) is 12.5 Å². The Labute approximate surface area is 206 Å². The summed E-state index contributed by atoms with van der Waals surface area (Å²) in [5.41, 5.74) is 1.09. The quantitative estimate of drug-likeness (QED) is 0.265. The molecule has 1 atom stereocenters. The number of amides is 1. The minimum atomic E-state index is -0.802. The number of benzene rings is 1. The molecule has 1 aliphatic rings. The predicted octanol–water partition coefficient (Wildman–Crippen LogP) is 3.08. The number of fused-ring (bicyclic) bond motifs is 1. The molecule has 1 saturated heterocycles. The van der Waals surface area contributed by atoms with E-state index in [1.165, 1.54) is 15.4 Å². The van der Waals surface area contributed by atoms with E-state index in [9.17, 15) is 14.7 Å². The molecule has 2 N–H and O–H groups in total. The van der Waals surface area contributed by atoms with Crippen molar-refractivity contribution in [1.82, 2.24) is 14.3 Å². The van der Waals surface area contributed by atoms with E-state index in [0.717, 1.165) is 17.3 Å². The molecule has 10 heteroatoms. The number of thiocarbonyl (C=S) groups is 1. The van der Waals surface area contributed by atoms with E-state index in [1.54, 1.807) is 31.5 Å². The van der Waals surface area contributed by atoms with E-state index in [4.69, 9.17) is 17.0 Å². The molecule has 0 unspecified atom stereocenters. The number of aliphatic hydroxyl groups is 1. The third-order valence-electron chi connectivity index (χ3n) is 5.30. The highest BCUT2D eigenvalue weighted by molar-refractivity contribution is 8.26. The Morgan fingerprint density at radius 3 is 2.74 bits per heavy atom. The van der Waals surface area contributed by atoms with Crippen LogP contribution in [0.2, 0.25) is 0 Å². The second-order valence-electron chi connectivity index (χ2n) is 7.60. The van der Waals surface area contributed by atoms with Gasteiger partial charge in [0.2, 0.25) is 0 Å². The first-order valence-corrected chi connectivity index (χ1v) is 11.9. The molecule has 4 rings (SSSR count). The molecule has 176 valence electrons. The van der Waals surface area contributed by atoms with Crippen LogP contribution in [0.25, 0.3) is 11.7 Å². The number of nitrogens with zero attached hydrogens (tertiary/aromatic N) is 3. The molecule has 0 spiro atoms. The zero-order valence-corrected chi connectivity index (χ0v) is 20.1. The van der Waals surface area contributed by atoms with Crippen molar-refractivity contribution in [3.05, 3.63) is 81.1 Å². The number of methoxy groups -OCH3 is 1. The molecule has 0 saturated carbocycles. The van der Waals surface area contributed by atoms with Crippen molar-refractivity contribution < 1.29 is 14.6 Å². The first-order chi connectivity index (χ1) is 16.5. The van der Waals surface area contributed by atoms with Crippen LogP contribution in [0.1, 0.15) is 23.7 Å². The Bertz CT molecular complexity index is 1290. The number of nitrogens with one attached hydrogen (secondary N) is 1. The highest BCUT2D eigenvalue weighted by Crippen LogP contribution is 2.33. The summed E-state index contributed by atoms with van der Waals surface area (Å²) in [5.74, 6) is 0.0368. The Morgan fingerprint density at radius 1 is 1.21 bits per heavy atom. The smallest absolute Gasteiger partial charge is 0.267 e. The van der Waals surface area contributed by atoms with Crippen molar-refractivity contribution in [3.63, 3.8) is 0 Å². The number of aliphatic hydroxyl groups excluding tert-OH is 1. The Hall–Kier alpha value is -3.05. The summed E-state index contributed by atoms with van der Waals surface area (Å²) < 4.78 is 6.92. The van der Waals surface area contributed by atoms with Crippen LogP contribution in [0.4, 0.5) is 5.82 Å². The predicted molar refractivity (Wildman–Crippen MR) is 138 cm³/mol. The minimum absolute atomic E-state index is 0.137. The van der Waals surface area contributed by atoms with Gasteiger partial charge in [-0.3, -0.25) is 18.9 Å². The van der Waals surface area contributed by atoms with Crippen LogP contribution in [0.15, 0.2) is 64.4 Å². The highest BCUT2D eigenvalue weighted by atomic mass is 32.2. The molecular formula is C24H24N4O4S2. The summed E-state index contributed by atoms with van der Waals surface area (Å²) in [4.78, 5) is 32.7. The zero-order valence-electron chi connectivity index (χ0n) is 18.5. The van der Waals surface area contributed by atoms with Crippen LogP contribution < -0.4 is 10.9 Å². The van der Waals surface area contributed by atoms with Gasteiger partial charge in [-0.2, -0.15) is 0 Å². The number of thioether (sulfide) groups is 1. The van der Waals surface area contributed by atoms with E-state index < -0.39 is 6.10 Å². The fraction of sp³-hybridized carbons (Fsp3) is 0.250. The number of pyridine rings is 1. The molecule has 3 aromatic rings. The number of hydrogen-bond acceptors (Lipinski definition) is 8. The van der Waals surface area contributed by atoms with Crippen LogP contribution in [-0.2, 0) is 9.53 Å². The molecule has 3 heterocycles. The number of hydrogen-bond donors (Lipinski definition) is 2. The molecule has 0 bridgehead atoms. The van der Waals surface area contributed by atoms with Gasteiger partial charge in [-0.05, 0) is 30.2 Å². The third kappa shape index (κ3) is 5.20. The van der Waals surface area contributed by atoms with Gasteiger partial charge in [0.15, 0.2) is 0 Å². The second-order valence-corrected chi connectivity index (χ2v) is 9.27. The normalized spacial score (nSPS) is 15.9. The average Bonchev–Trinajstić information content (AvgIpc) is 3.12. The lowest BCUT2D eigenvalue weighted by molar-refractivity contribution is -0.122. The molecule has 8 nitrogen and oxygen atoms in total.